The lowest BCUT2D eigenvalue weighted by Crippen LogP contribution is -2.45. The second kappa shape index (κ2) is 5.73. The van der Waals surface area contributed by atoms with E-state index in [-0.39, 0.29) is 24.1 Å². The normalized spacial score (nSPS) is 18.6. The number of piperidine rings is 1. The molecule has 126 valence electrons. The molecule has 1 fully saturated rings. The number of hydrogen-bond acceptors (Lipinski definition) is 4. The molecule has 1 aliphatic rings. The van der Waals surface area contributed by atoms with Gasteiger partial charge in [-0.05, 0) is 45.2 Å². The maximum atomic E-state index is 12.7. The van der Waals surface area contributed by atoms with Gasteiger partial charge in [0, 0.05) is 17.5 Å². The summed E-state index contributed by atoms with van der Waals surface area (Å²) in [5.41, 5.74) is 1.36. The van der Waals surface area contributed by atoms with Crippen molar-refractivity contribution in [1.82, 2.24) is 19.1 Å². The minimum absolute atomic E-state index is 0.0114. The summed E-state index contributed by atoms with van der Waals surface area (Å²) in [6.07, 6.45) is 4.86. The summed E-state index contributed by atoms with van der Waals surface area (Å²) in [5.74, 6) is -0.0228. The van der Waals surface area contributed by atoms with Crippen molar-refractivity contribution in [3.05, 3.63) is 33.7 Å². The average Bonchev–Trinajstić information content (AvgIpc) is 3.07. The van der Waals surface area contributed by atoms with Gasteiger partial charge in [0.1, 0.15) is 18.4 Å². The van der Waals surface area contributed by atoms with Gasteiger partial charge in [-0.25, -0.2) is 4.68 Å². The van der Waals surface area contributed by atoms with Gasteiger partial charge in [0.15, 0.2) is 0 Å². The molecule has 24 heavy (non-hydrogen) atoms. The van der Waals surface area contributed by atoms with Crippen molar-refractivity contribution in [3.8, 4) is 0 Å². The molecule has 1 saturated heterocycles. The van der Waals surface area contributed by atoms with Crippen LogP contribution in [0.1, 0.15) is 31.1 Å². The Kier molecular flexibility index (Phi) is 3.68. The van der Waals surface area contributed by atoms with Crippen LogP contribution in [-0.2, 0) is 11.3 Å². The molecule has 7 heteroatoms. The molecule has 1 atom stereocenters. The Labute approximate surface area is 143 Å². The zero-order valence-corrected chi connectivity index (χ0v) is 14.7. The summed E-state index contributed by atoms with van der Waals surface area (Å²) in [7, 11) is 0. The van der Waals surface area contributed by atoms with Crippen LogP contribution in [0.4, 0.5) is 0 Å². The lowest BCUT2D eigenvalue weighted by molar-refractivity contribution is -0.135. The summed E-state index contributed by atoms with van der Waals surface area (Å²) in [6, 6.07) is 4.19. The quantitative estimate of drug-likeness (QED) is 0.717. The second-order valence-corrected chi connectivity index (χ2v) is 7.82. The van der Waals surface area contributed by atoms with Crippen molar-refractivity contribution in [3.63, 3.8) is 0 Å². The van der Waals surface area contributed by atoms with Crippen LogP contribution >= 0.6 is 11.3 Å². The molecular weight excluding hydrogens is 324 g/mol. The Morgan fingerprint density at radius 3 is 2.96 bits per heavy atom. The molecular formula is C17H20N4O2S. The van der Waals surface area contributed by atoms with Crippen LogP contribution in [0.25, 0.3) is 15.7 Å². The van der Waals surface area contributed by atoms with Gasteiger partial charge in [-0.2, -0.15) is 5.10 Å². The Bertz CT molecular complexity index is 984. The fraction of sp³-hybridized carbons (Fsp3) is 0.471. The number of carbonyl (C=O) groups is 1. The molecule has 3 aromatic heterocycles. The van der Waals surface area contributed by atoms with Crippen molar-refractivity contribution < 1.29 is 4.79 Å². The number of carbonyl (C=O) groups excluding carboxylic acids is 1. The first-order valence-electron chi connectivity index (χ1n) is 8.31. The lowest BCUT2D eigenvalue weighted by Gasteiger charge is -2.33. The SMILES string of the molecule is Cc1cc2c(cc3c(=O)n(CC(=O)N4CCCCC4C)ncn32)s1. The molecule has 0 saturated carbocycles. The number of fused-ring (bicyclic) bond motifs is 3. The first-order chi connectivity index (χ1) is 11.5. The predicted molar refractivity (Wildman–Crippen MR) is 94.6 cm³/mol. The van der Waals surface area contributed by atoms with E-state index in [1.807, 2.05) is 22.3 Å². The molecule has 6 nitrogen and oxygen atoms in total. The van der Waals surface area contributed by atoms with Gasteiger partial charge in [0.2, 0.25) is 5.91 Å². The number of thiophene rings is 1. The smallest absolute Gasteiger partial charge is 0.291 e. The summed E-state index contributed by atoms with van der Waals surface area (Å²) in [6.45, 7) is 4.90. The standard InChI is InChI=1S/C17H20N4O2S/c1-11-5-3-4-6-19(11)16(22)9-21-17(23)14-8-15-13(7-12(2)24-15)20(14)10-18-21/h7-8,10-11H,3-6,9H2,1-2H3. The van der Waals surface area contributed by atoms with Crippen molar-refractivity contribution in [1.29, 1.82) is 0 Å². The highest BCUT2D eigenvalue weighted by Crippen LogP contribution is 2.27. The van der Waals surface area contributed by atoms with E-state index in [9.17, 15) is 9.59 Å². The molecule has 0 radical (unpaired) electrons. The molecule has 4 rings (SSSR count). The van der Waals surface area contributed by atoms with E-state index < -0.39 is 0 Å². The van der Waals surface area contributed by atoms with E-state index >= 15 is 0 Å². The van der Waals surface area contributed by atoms with Crippen molar-refractivity contribution in [2.45, 2.75) is 45.7 Å². The summed E-state index contributed by atoms with van der Waals surface area (Å²) in [5, 5.41) is 4.22. The number of aryl methyl sites for hydroxylation is 1. The Balaban J connectivity index is 1.68. The molecule has 0 bridgehead atoms. The van der Waals surface area contributed by atoms with Gasteiger partial charge in [0.05, 0.1) is 10.2 Å². The molecule has 0 N–H and O–H groups in total. The fourth-order valence-electron chi connectivity index (χ4n) is 3.52. The zero-order chi connectivity index (χ0) is 16.8. The monoisotopic (exact) mass is 344 g/mol. The van der Waals surface area contributed by atoms with Gasteiger partial charge < -0.3 is 4.90 Å². The third-order valence-electron chi connectivity index (χ3n) is 4.82. The molecule has 0 aliphatic carbocycles. The van der Waals surface area contributed by atoms with E-state index in [4.69, 9.17) is 0 Å². The molecule has 1 unspecified atom stereocenters. The summed E-state index contributed by atoms with van der Waals surface area (Å²) < 4.78 is 4.17. The summed E-state index contributed by atoms with van der Waals surface area (Å²) >= 11 is 1.66. The van der Waals surface area contributed by atoms with Crippen LogP contribution in [0.2, 0.25) is 0 Å². The van der Waals surface area contributed by atoms with E-state index in [1.165, 1.54) is 9.56 Å². The summed E-state index contributed by atoms with van der Waals surface area (Å²) in [4.78, 5) is 28.3. The molecule has 1 aliphatic heterocycles. The van der Waals surface area contributed by atoms with E-state index in [0.29, 0.717) is 5.52 Å². The first kappa shape index (κ1) is 15.4. The van der Waals surface area contributed by atoms with Gasteiger partial charge in [-0.3, -0.25) is 14.0 Å². The number of amides is 1. The highest BCUT2D eigenvalue weighted by molar-refractivity contribution is 7.19. The van der Waals surface area contributed by atoms with Crippen LogP contribution in [0.15, 0.2) is 23.3 Å². The zero-order valence-electron chi connectivity index (χ0n) is 13.9. The van der Waals surface area contributed by atoms with Crippen LogP contribution < -0.4 is 5.56 Å². The Morgan fingerprint density at radius 1 is 1.33 bits per heavy atom. The number of rotatable bonds is 2. The van der Waals surface area contributed by atoms with Crippen LogP contribution in [0, 0.1) is 6.92 Å². The molecule has 0 aromatic carbocycles. The maximum Gasteiger partial charge on any atom is 0.291 e. The topological polar surface area (TPSA) is 59.6 Å². The third kappa shape index (κ3) is 2.43. The Morgan fingerprint density at radius 2 is 2.17 bits per heavy atom. The minimum atomic E-state index is -0.212. The van der Waals surface area contributed by atoms with E-state index in [0.717, 1.165) is 36.0 Å². The highest BCUT2D eigenvalue weighted by atomic mass is 32.1. The van der Waals surface area contributed by atoms with Gasteiger partial charge in [-0.15, -0.1) is 11.3 Å². The van der Waals surface area contributed by atoms with Crippen molar-refractivity contribution >= 4 is 33.0 Å². The molecule has 1 amide bonds. The first-order valence-corrected chi connectivity index (χ1v) is 9.13. The number of nitrogens with zero attached hydrogens (tertiary/aromatic N) is 4. The average molecular weight is 344 g/mol. The van der Waals surface area contributed by atoms with Crippen LogP contribution in [0.3, 0.4) is 0 Å². The number of aromatic nitrogens is 3. The van der Waals surface area contributed by atoms with Crippen molar-refractivity contribution in [2.75, 3.05) is 6.54 Å². The molecule has 3 aromatic rings. The van der Waals surface area contributed by atoms with Crippen molar-refractivity contribution in [2.24, 2.45) is 0 Å². The van der Waals surface area contributed by atoms with E-state index in [2.05, 4.69) is 18.1 Å². The van der Waals surface area contributed by atoms with Gasteiger partial charge >= 0.3 is 0 Å². The minimum Gasteiger partial charge on any atom is -0.338 e. The van der Waals surface area contributed by atoms with Gasteiger partial charge in [-0.1, -0.05) is 0 Å². The molecule has 4 heterocycles. The molecule has 0 spiro atoms. The van der Waals surface area contributed by atoms with Gasteiger partial charge in [0.25, 0.3) is 5.56 Å². The third-order valence-corrected chi connectivity index (χ3v) is 5.81. The Hall–Kier alpha value is -2.15. The van der Waals surface area contributed by atoms with Crippen LogP contribution in [-0.4, -0.2) is 37.6 Å². The van der Waals surface area contributed by atoms with Crippen LogP contribution in [0.5, 0.6) is 0 Å². The largest absolute Gasteiger partial charge is 0.338 e. The number of likely N-dealkylation sites (tertiary alicyclic amines) is 1. The lowest BCUT2D eigenvalue weighted by atomic mass is 10.0. The maximum absolute atomic E-state index is 12.7. The second-order valence-electron chi connectivity index (χ2n) is 6.53. The fourth-order valence-corrected chi connectivity index (χ4v) is 4.47. The predicted octanol–water partition coefficient (Wildman–Crippen LogP) is 2.42. The number of hydrogen-bond donors (Lipinski definition) is 0. The van der Waals surface area contributed by atoms with E-state index in [1.54, 1.807) is 17.7 Å². The highest BCUT2D eigenvalue weighted by Gasteiger charge is 2.24.